The van der Waals surface area contributed by atoms with Crippen molar-refractivity contribution in [2.24, 2.45) is 11.7 Å². The van der Waals surface area contributed by atoms with Crippen LogP contribution in [0.1, 0.15) is 62.7 Å². The standard InChI is InChI=1S/C27H36N4O2S/c1-3-19(4-2)27(28)10-12-31(13-11-27)25-22-9-15-34-24(22)21-8-7-18(16-23(21)30-25)26(32)29-17-20-6-5-14-33-20/h7-9,15-16,19-20H,3-6,10-14,17,28H2,1-2H3,(H,29,32). The number of piperidine rings is 1. The number of amides is 1. The molecule has 0 saturated carbocycles. The summed E-state index contributed by atoms with van der Waals surface area (Å²) in [5.74, 6) is 1.52. The van der Waals surface area contributed by atoms with Gasteiger partial charge in [-0.1, -0.05) is 32.8 Å². The van der Waals surface area contributed by atoms with Gasteiger partial charge in [0.15, 0.2) is 0 Å². The van der Waals surface area contributed by atoms with E-state index in [0.29, 0.717) is 18.0 Å². The molecule has 2 fully saturated rings. The van der Waals surface area contributed by atoms with Gasteiger partial charge in [0.05, 0.1) is 11.6 Å². The van der Waals surface area contributed by atoms with E-state index >= 15 is 0 Å². The number of hydrogen-bond donors (Lipinski definition) is 2. The highest BCUT2D eigenvalue weighted by molar-refractivity contribution is 7.18. The summed E-state index contributed by atoms with van der Waals surface area (Å²) in [6.45, 7) is 7.69. The van der Waals surface area contributed by atoms with Crippen LogP contribution in [-0.2, 0) is 4.74 Å². The van der Waals surface area contributed by atoms with E-state index < -0.39 is 0 Å². The van der Waals surface area contributed by atoms with E-state index in [4.69, 9.17) is 15.5 Å². The van der Waals surface area contributed by atoms with Crippen molar-refractivity contribution in [1.82, 2.24) is 10.3 Å². The third-order valence-corrected chi connectivity index (χ3v) is 8.89. The Hall–Kier alpha value is -2.22. The smallest absolute Gasteiger partial charge is 0.251 e. The normalized spacial score (nSPS) is 20.5. The zero-order valence-corrected chi connectivity index (χ0v) is 21.1. The Balaban J connectivity index is 1.40. The molecule has 3 N–H and O–H groups in total. The first-order valence-corrected chi connectivity index (χ1v) is 13.6. The van der Waals surface area contributed by atoms with Gasteiger partial charge in [0.25, 0.3) is 5.91 Å². The van der Waals surface area contributed by atoms with Gasteiger partial charge in [-0.2, -0.15) is 0 Å². The fourth-order valence-corrected chi connectivity index (χ4v) is 6.75. The number of hydrogen-bond acceptors (Lipinski definition) is 6. The molecule has 0 aliphatic carbocycles. The molecule has 34 heavy (non-hydrogen) atoms. The lowest BCUT2D eigenvalue weighted by Crippen LogP contribution is -2.55. The van der Waals surface area contributed by atoms with Crippen LogP contribution in [-0.4, -0.2) is 48.8 Å². The molecule has 2 aliphatic rings. The SMILES string of the molecule is CCC(CC)C1(N)CCN(c2nc3cc(C(=O)NCC4CCCO4)ccc3c3sccc23)CC1. The summed E-state index contributed by atoms with van der Waals surface area (Å²) in [5, 5.41) is 7.47. The topological polar surface area (TPSA) is 80.5 Å². The summed E-state index contributed by atoms with van der Waals surface area (Å²) in [7, 11) is 0. The summed E-state index contributed by atoms with van der Waals surface area (Å²) in [6, 6.07) is 8.06. The summed E-state index contributed by atoms with van der Waals surface area (Å²) in [4.78, 5) is 20.3. The molecule has 1 amide bonds. The Labute approximate surface area is 205 Å². The summed E-state index contributed by atoms with van der Waals surface area (Å²) in [5.41, 5.74) is 8.31. The number of pyridine rings is 1. The minimum absolute atomic E-state index is 0.0666. The van der Waals surface area contributed by atoms with Gasteiger partial charge in [0.2, 0.25) is 0 Å². The van der Waals surface area contributed by atoms with Crippen LogP contribution in [0.5, 0.6) is 0 Å². The molecular formula is C27H36N4O2S. The number of benzene rings is 1. The number of nitrogens with one attached hydrogen (secondary N) is 1. The number of rotatable bonds is 7. The van der Waals surface area contributed by atoms with E-state index in [1.165, 1.54) is 10.1 Å². The van der Waals surface area contributed by atoms with Crippen LogP contribution in [0.3, 0.4) is 0 Å². The molecule has 0 bridgehead atoms. The van der Waals surface area contributed by atoms with Gasteiger partial charge in [0, 0.05) is 52.8 Å². The maximum absolute atomic E-state index is 12.8. The van der Waals surface area contributed by atoms with Crippen molar-refractivity contribution >= 4 is 44.1 Å². The lowest BCUT2D eigenvalue weighted by atomic mass is 9.74. The largest absolute Gasteiger partial charge is 0.376 e. The maximum atomic E-state index is 12.8. The third-order valence-electron chi connectivity index (χ3n) is 7.94. The number of thiophene rings is 1. The fraction of sp³-hybridized carbons (Fsp3) is 0.556. The number of fused-ring (bicyclic) bond motifs is 3. The molecule has 0 radical (unpaired) electrons. The molecule has 2 aliphatic heterocycles. The van der Waals surface area contributed by atoms with Gasteiger partial charge < -0.3 is 20.7 Å². The van der Waals surface area contributed by atoms with Crippen molar-refractivity contribution in [2.75, 3.05) is 31.1 Å². The van der Waals surface area contributed by atoms with Gasteiger partial charge in [-0.3, -0.25) is 4.79 Å². The lowest BCUT2D eigenvalue weighted by Gasteiger charge is -2.44. The van der Waals surface area contributed by atoms with Gasteiger partial charge in [-0.25, -0.2) is 4.98 Å². The Morgan fingerprint density at radius 1 is 1.26 bits per heavy atom. The van der Waals surface area contributed by atoms with Crippen LogP contribution in [0.25, 0.3) is 21.0 Å². The van der Waals surface area contributed by atoms with Crippen LogP contribution in [0.4, 0.5) is 5.82 Å². The molecule has 1 aromatic carbocycles. The van der Waals surface area contributed by atoms with Crippen molar-refractivity contribution in [3.63, 3.8) is 0 Å². The molecule has 2 saturated heterocycles. The van der Waals surface area contributed by atoms with Gasteiger partial charge in [-0.15, -0.1) is 11.3 Å². The van der Waals surface area contributed by atoms with Gasteiger partial charge in [0.1, 0.15) is 5.82 Å². The second-order valence-electron chi connectivity index (χ2n) is 9.91. The molecule has 0 spiro atoms. The van der Waals surface area contributed by atoms with E-state index in [2.05, 4.69) is 35.5 Å². The molecule has 5 rings (SSSR count). The quantitative estimate of drug-likeness (QED) is 0.492. The van der Waals surface area contributed by atoms with E-state index in [0.717, 1.165) is 74.9 Å². The molecule has 4 heterocycles. The summed E-state index contributed by atoms with van der Waals surface area (Å²) in [6.07, 6.45) is 6.44. The average molecular weight is 481 g/mol. The molecule has 3 aromatic rings. The predicted octanol–water partition coefficient (Wildman–Crippen LogP) is 5.09. The zero-order valence-electron chi connectivity index (χ0n) is 20.3. The zero-order chi connectivity index (χ0) is 23.7. The van der Waals surface area contributed by atoms with Crippen LogP contribution in [0, 0.1) is 5.92 Å². The van der Waals surface area contributed by atoms with E-state index in [1.807, 2.05) is 18.2 Å². The predicted molar refractivity (Wildman–Crippen MR) is 141 cm³/mol. The average Bonchev–Trinajstić information content (AvgIpc) is 3.55. The number of nitrogens with zero attached hydrogens (tertiary/aromatic N) is 2. The van der Waals surface area contributed by atoms with E-state index in [9.17, 15) is 4.79 Å². The van der Waals surface area contributed by atoms with Gasteiger partial charge >= 0.3 is 0 Å². The van der Waals surface area contributed by atoms with E-state index in [1.54, 1.807) is 11.3 Å². The lowest BCUT2D eigenvalue weighted by molar-refractivity contribution is 0.0858. The Kier molecular flexibility index (Phi) is 6.78. The first-order chi connectivity index (χ1) is 16.5. The minimum atomic E-state index is -0.0844. The van der Waals surface area contributed by atoms with Gasteiger partial charge in [-0.05, 0) is 55.2 Å². The van der Waals surface area contributed by atoms with Crippen LogP contribution in [0.15, 0.2) is 29.6 Å². The number of anilines is 1. The molecule has 2 aromatic heterocycles. The molecular weight excluding hydrogens is 444 g/mol. The Morgan fingerprint density at radius 2 is 2.06 bits per heavy atom. The molecule has 1 atom stereocenters. The minimum Gasteiger partial charge on any atom is -0.376 e. The maximum Gasteiger partial charge on any atom is 0.251 e. The first-order valence-electron chi connectivity index (χ1n) is 12.8. The molecule has 182 valence electrons. The number of aromatic nitrogens is 1. The summed E-state index contributed by atoms with van der Waals surface area (Å²) < 4.78 is 6.87. The Morgan fingerprint density at radius 3 is 2.76 bits per heavy atom. The molecule has 1 unspecified atom stereocenters. The number of nitrogens with two attached hydrogens (primary N) is 1. The molecule has 7 heteroatoms. The van der Waals surface area contributed by atoms with Crippen LogP contribution in [0.2, 0.25) is 0 Å². The van der Waals surface area contributed by atoms with Crippen LogP contribution < -0.4 is 16.0 Å². The summed E-state index contributed by atoms with van der Waals surface area (Å²) >= 11 is 1.74. The van der Waals surface area contributed by atoms with E-state index in [-0.39, 0.29) is 17.6 Å². The number of ether oxygens (including phenoxy) is 1. The Bertz CT molecular complexity index is 1160. The fourth-order valence-electron chi connectivity index (χ4n) is 5.83. The highest BCUT2D eigenvalue weighted by Crippen LogP contribution is 2.39. The number of carbonyl (C=O) groups excluding carboxylic acids is 1. The second kappa shape index (κ2) is 9.80. The first kappa shape index (κ1) is 23.5. The second-order valence-corrected chi connectivity index (χ2v) is 10.8. The monoisotopic (exact) mass is 480 g/mol. The molecule has 6 nitrogen and oxygen atoms in total. The van der Waals surface area contributed by atoms with Crippen molar-refractivity contribution < 1.29 is 9.53 Å². The van der Waals surface area contributed by atoms with Crippen molar-refractivity contribution in [3.8, 4) is 0 Å². The van der Waals surface area contributed by atoms with Crippen LogP contribution >= 0.6 is 11.3 Å². The van der Waals surface area contributed by atoms with Crippen molar-refractivity contribution in [2.45, 2.75) is 64.0 Å². The third kappa shape index (κ3) is 4.41. The highest BCUT2D eigenvalue weighted by atomic mass is 32.1. The highest BCUT2D eigenvalue weighted by Gasteiger charge is 2.37. The van der Waals surface area contributed by atoms with Crippen molar-refractivity contribution in [3.05, 3.63) is 35.2 Å². The van der Waals surface area contributed by atoms with Crippen molar-refractivity contribution in [1.29, 1.82) is 0 Å². The number of carbonyl (C=O) groups is 1.